The van der Waals surface area contributed by atoms with Crippen LogP contribution in [0.3, 0.4) is 0 Å². The van der Waals surface area contributed by atoms with Gasteiger partial charge in [0.2, 0.25) is 11.8 Å². The second-order valence-electron chi connectivity index (χ2n) is 4.37. The third-order valence-electron chi connectivity index (χ3n) is 2.75. The molecule has 5 nitrogen and oxygen atoms in total. The van der Waals surface area contributed by atoms with Crippen molar-refractivity contribution < 1.29 is 14.3 Å². The zero-order valence-corrected chi connectivity index (χ0v) is 10.7. The number of unbranched alkanes of at least 4 members (excludes halogenated alkanes) is 1. The second kappa shape index (κ2) is 7.27. The van der Waals surface area contributed by atoms with Gasteiger partial charge in [0.05, 0.1) is 6.54 Å². The molecule has 2 amide bonds. The van der Waals surface area contributed by atoms with Crippen molar-refractivity contribution in [3.63, 3.8) is 0 Å². The average Bonchev–Trinajstić information content (AvgIpc) is 2.29. The highest BCUT2D eigenvalue weighted by Crippen LogP contribution is 2.03. The van der Waals surface area contributed by atoms with Crippen LogP contribution < -0.4 is 5.32 Å². The predicted octanol–water partition coefficient (Wildman–Crippen LogP) is 0.540. The SMILES string of the molecule is CCCCOCCCN1CC(=O)NC(C)C1=O. The first-order chi connectivity index (χ1) is 8.15. The van der Waals surface area contributed by atoms with Gasteiger partial charge in [0, 0.05) is 19.8 Å². The summed E-state index contributed by atoms with van der Waals surface area (Å²) in [7, 11) is 0. The molecule has 0 aromatic heterocycles. The highest BCUT2D eigenvalue weighted by atomic mass is 16.5. The maximum atomic E-state index is 11.7. The highest BCUT2D eigenvalue weighted by molar-refractivity contribution is 5.94. The number of piperazine rings is 1. The molecule has 0 saturated carbocycles. The Balaban J connectivity index is 2.17. The van der Waals surface area contributed by atoms with Crippen LogP contribution in [0.25, 0.3) is 0 Å². The number of hydrogen-bond donors (Lipinski definition) is 1. The molecule has 98 valence electrons. The number of rotatable bonds is 7. The van der Waals surface area contributed by atoms with Gasteiger partial charge in [-0.2, -0.15) is 0 Å². The maximum Gasteiger partial charge on any atom is 0.245 e. The zero-order chi connectivity index (χ0) is 12.7. The molecule has 1 N–H and O–H groups in total. The van der Waals surface area contributed by atoms with Gasteiger partial charge in [-0.25, -0.2) is 0 Å². The van der Waals surface area contributed by atoms with Crippen LogP contribution in [0.15, 0.2) is 0 Å². The van der Waals surface area contributed by atoms with Crippen LogP contribution in [0.1, 0.15) is 33.1 Å². The molecule has 1 saturated heterocycles. The number of nitrogens with one attached hydrogen (secondary N) is 1. The van der Waals surface area contributed by atoms with Crippen LogP contribution >= 0.6 is 0 Å². The van der Waals surface area contributed by atoms with Crippen molar-refractivity contribution in [2.75, 3.05) is 26.3 Å². The third kappa shape index (κ3) is 4.73. The number of hydrogen-bond acceptors (Lipinski definition) is 3. The lowest BCUT2D eigenvalue weighted by atomic mass is 10.2. The van der Waals surface area contributed by atoms with E-state index in [1.807, 2.05) is 0 Å². The molecule has 0 bridgehead atoms. The highest BCUT2D eigenvalue weighted by Gasteiger charge is 2.28. The topological polar surface area (TPSA) is 58.6 Å². The normalized spacial score (nSPS) is 20.6. The van der Waals surface area contributed by atoms with Gasteiger partial charge in [-0.3, -0.25) is 9.59 Å². The van der Waals surface area contributed by atoms with E-state index in [4.69, 9.17) is 4.74 Å². The largest absolute Gasteiger partial charge is 0.381 e. The molecular formula is C12H22N2O3. The Kier molecular flexibility index (Phi) is 5.97. The van der Waals surface area contributed by atoms with E-state index >= 15 is 0 Å². The molecule has 0 spiro atoms. The van der Waals surface area contributed by atoms with Gasteiger partial charge in [0.25, 0.3) is 0 Å². The van der Waals surface area contributed by atoms with E-state index in [2.05, 4.69) is 12.2 Å². The van der Waals surface area contributed by atoms with Gasteiger partial charge in [-0.05, 0) is 19.8 Å². The van der Waals surface area contributed by atoms with E-state index < -0.39 is 6.04 Å². The van der Waals surface area contributed by atoms with Crippen molar-refractivity contribution in [3.8, 4) is 0 Å². The van der Waals surface area contributed by atoms with Gasteiger partial charge < -0.3 is 15.0 Å². The molecular weight excluding hydrogens is 220 g/mol. The van der Waals surface area contributed by atoms with Gasteiger partial charge in [0.1, 0.15) is 6.04 Å². The first-order valence-electron chi connectivity index (χ1n) is 6.31. The summed E-state index contributed by atoms with van der Waals surface area (Å²) in [4.78, 5) is 24.6. The van der Waals surface area contributed by atoms with E-state index in [1.165, 1.54) is 0 Å². The summed E-state index contributed by atoms with van der Waals surface area (Å²) >= 11 is 0. The lowest BCUT2D eigenvalue weighted by Gasteiger charge is -2.30. The number of nitrogens with zero attached hydrogens (tertiary/aromatic N) is 1. The third-order valence-corrected chi connectivity index (χ3v) is 2.75. The Hall–Kier alpha value is -1.10. The summed E-state index contributed by atoms with van der Waals surface area (Å²) in [6, 6.07) is -0.391. The summed E-state index contributed by atoms with van der Waals surface area (Å²) < 4.78 is 5.42. The lowest BCUT2D eigenvalue weighted by molar-refractivity contribution is -0.143. The van der Waals surface area contributed by atoms with Crippen molar-refractivity contribution >= 4 is 11.8 Å². The number of ether oxygens (including phenoxy) is 1. The average molecular weight is 242 g/mol. The smallest absolute Gasteiger partial charge is 0.245 e. The van der Waals surface area contributed by atoms with E-state index in [9.17, 15) is 9.59 Å². The van der Waals surface area contributed by atoms with Crippen LogP contribution in [0.4, 0.5) is 0 Å². The number of carbonyl (C=O) groups excluding carboxylic acids is 2. The Morgan fingerprint density at radius 3 is 2.76 bits per heavy atom. The summed E-state index contributed by atoms with van der Waals surface area (Å²) in [6.07, 6.45) is 2.99. The molecule has 0 aromatic carbocycles. The first-order valence-corrected chi connectivity index (χ1v) is 6.31. The van der Waals surface area contributed by atoms with Crippen LogP contribution in [0, 0.1) is 0 Å². The van der Waals surface area contributed by atoms with Crippen molar-refractivity contribution in [1.29, 1.82) is 0 Å². The Bertz CT molecular complexity index is 268. The van der Waals surface area contributed by atoms with Crippen molar-refractivity contribution in [2.45, 2.75) is 39.2 Å². The summed E-state index contributed by atoms with van der Waals surface area (Å²) in [6.45, 7) is 6.04. The minimum Gasteiger partial charge on any atom is -0.381 e. The quantitative estimate of drug-likeness (QED) is 0.663. The van der Waals surface area contributed by atoms with E-state index in [-0.39, 0.29) is 18.4 Å². The molecule has 1 rings (SSSR count). The standard InChI is InChI=1S/C12H22N2O3/c1-3-4-7-17-8-5-6-14-9-11(15)13-10(2)12(14)16/h10H,3-9H2,1-2H3,(H,13,15). The molecule has 1 unspecified atom stereocenters. The Morgan fingerprint density at radius 1 is 1.35 bits per heavy atom. The molecule has 17 heavy (non-hydrogen) atoms. The molecule has 5 heteroatoms. The Morgan fingerprint density at radius 2 is 2.06 bits per heavy atom. The molecule has 0 radical (unpaired) electrons. The number of amides is 2. The van der Waals surface area contributed by atoms with Gasteiger partial charge in [-0.15, -0.1) is 0 Å². The van der Waals surface area contributed by atoms with E-state index in [1.54, 1.807) is 11.8 Å². The van der Waals surface area contributed by atoms with Crippen LogP contribution in [0.2, 0.25) is 0 Å². The minimum absolute atomic E-state index is 0.00171. The molecule has 1 heterocycles. The van der Waals surface area contributed by atoms with Gasteiger partial charge >= 0.3 is 0 Å². The predicted molar refractivity (Wildman–Crippen MR) is 64.5 cm³/mol. The fourth-order valence-corrected chi connectivity index (χ4v) is 1.77. The van der Waals surface area contributed by atoms with Crippen molar-refractivity contribution in [1.82, 2.24) is 10.2 Å². The summed E-state index contributed by atoms with van der Waals surface area (Å²) in [5, 5.41) is 2.62. The second-order valence-corrected chi connectivity index (χ2v) is 4.37. The van der Waals surface area contributed by atoms with Crippen LogP contribution in [-0.2, 0) is 14.3 Å². The molecule has 0 aromatic rings. The van der Waals surface area contributed by atoms with Gasteiger partial charge in [0.15, 0.2) is 0 Å². The zero-order valence-electron chi connectivity index (χ0n) is 10.7. The lowest BCUT2D eigenvalue weighted by Crippen LogP contribution is -2.56. The van der Waals surface area contributed by atoms with Gasteiger partial charge in [-0.1, -0.05) is 13.3 Å². The maximum absolute atomic E-state index is 11.7. The summed E-state index contributed by atoms with van der Waals surface area (Å²) in [5.74, 6) is -0.0813. The molecule has 1 aliphatic rings. The number of carbonyl (C=O) groups is 2. The van der Waals surface area contributed by atoms with E-state index in [0.717, 1.165) is 25.9 Å². The molecule has 1 atom stereocenters. The summed E-state index contributed by atoms with van der Waals surface area (Å²) in [5.41, 5.74) is 0. The fraction of sp³-hybridized carbons (Fsp3) is 0.833. The van der Waals surface area contributed by atoms with Crippen LogP contribution in [0.5, 0.6) is 0 Å². The van der Waals surface area contributed by atoms with Crippen molar-refractivity contribution in [2.24, 2.45) is 0 Å². The van der Waals surface area contributed by atoms with Crippen molar-refractivity contribution in [3.05, 3.63) is 0 Å². The monoisotopic (exact) mass is 242 g/mol. The molecule has 1 aliphatic heterocycles. The van der Waals surface area contributed by atoms with E-state index in [0.29, 0.717) is 13.2 Å². The molecule has 1 fully saturated rings. The fourth-order valence-electron chi connectivity index (χ4n) is 1.77. The Labute approximate surface area is 102 Å². The van der Waals surface area contributed by atoms with Crippen LogP contribution in [-0.4, -0.2) is 49.1 Å². The molecule has 0 aliphatic carbocycles. The minimum atomic E-state index is -0.391. The first kappa shape index (κ1) is 14.0.